The number of nitrogens with one attached hydrogen (secondary N) is 1. The molecule has 0 aliphatic carbocycles. The van der Waals surface area contributed by atoms with Gasteiger partial charge >= 0.3 is 0 Å². The van der Waals surface area contributed by atoms with E-state index in [0.29, 0.717) is 25.1 Å². The molecule has 1 heterocycles. The molecule has 1 amide bonds. The molecule has 2 aromatic rings. The minimum Gasteiger partial charge on any atom is -0.348 e. The second-order valence-electron chi connectivity index (χ2n) is 4.68. The van der Waals surface area contributed by atoms with Crippen molar-refractivity contribution in [1.82, 2.24) is 10.3 Å². The van der Waals surface area contributed by atoms with Crippen LogP contribution in [0.15, 0.2) is 42.6 Å². The second kappa shape index (κ2) is 6.82. The molecule has 1 aromatic heterocycles. The van der Waals surface area contributed by atoms with Crippen molar-refractivity contribution in [2.45, 2.75) is 19.9 Å². The molecule has 0 saturated heterocycles. The molecule has 0 unspecified atom stereocenters. The summed E-state index contributed by atoms with van der Waals surface area (Å²) in [5.74, 6) is -0.0890. The number of rotatable bonds is 5. The highest BCUT2D eigenvalue weighted by molar-refractivity contribution is 5.94. The van der Waals surface area contributed by atoms with Gasteiger partial charge < -0.3 is 11.1 Å². The molecule has 0 radical (unpaired) electrons. The van der Waals surface area contributed by atoms with Gasteiger partial charge in [-0.25, -0.2) is 0 Å². The zero-order chi connectivity index (χ0) is 14.4. The van der Waals surface area contributed by atoms with E-state index in [4.69, 9.17) is 5.73 Å². The molecule has 0 bridgehead atoms. The number of amides is 1. The summed E-state index contributed by atoms with van der Waals surface area (Å²) in [5.41, 5.74) is 9.26. The molecule has 0 aliphatic heterocycles. The summed E-state index contributed by atoms with van der Waals surface area (Å²) in [5, 5.41) is 2.93. The third kappa shape index (κ3) is 3.65. The minimum atomic E-state index is -0.0890. The third-order valence-corrected chi connectivity index (χ3v) is 3.18. The van der Waals surface area contributed by atoms with Gasteiger partial charge in [0.05, 0.1) is 0 Å². The number of hydrogen-bond donors (Lipinski definition) is 2. The maximum atomic E-state index is 12.1. The van der Waals surface area contributed by atoms with Crippen LogP contribution < -0.4 is 11.1 Å². The van der Waals surface area contributed by atoms with Gasteiger partial charge in [-0.15, -0.1) is 0 Å². The standard InChI is InChI=1S/C16H19N3O/c1-12-4-2-3-5-14(12)11-19-16(20)13-7-9-18-15(10-13)6-8-17/h2-5,7,9-10H,6,8,11,17H2,1H3,(H,19,20). The summed E-state index contributed by atoms with van der Waals surface area (Å²) in [7, 11) is 0. The zero-order valence-electron chi connectivity index (χ0n) is 11.6. The Kier molecular flexibility index (Phi) is 4.85. The first kappa shape index (κ1) is 14.2. The van der Waals surface area contributed by atoms with E-state index in [0.717, 1.165) is 11.3 Å². The Bertz CT molecular complexity index is 596. The Morgan fingerprint density at radius 2 is 2.10 bits per heavy atom. The number of aromatic nitrogens is 1. The van der Waals surface area contributed by atoms with Gasteiger partial charge in [0.25, 0.3) is 5.91 Å². The van der Waals surface area contributed by atoms with Gasteiger partial charge in [0.1, 0.15) is 0 Å². The van der Waals surface area contributed by atoms with Gasteiger partial charge in [0.2, 0.25) is 0 Å². The number of pyridine rings is 1. The van der Waals surface area contributed by atoms with Crippen LogP contribution in [0.1, 0.15) is 27.2 Å². The normalized spacial score (nSPS) is 10.3. The average Bonchev–Trinajstić information content (AvgIpc) is 2.47. The lowest BCUT2D eigenvalue weighted by atomic mass is 10.1. The van der Waals surface area contributed by atoms with E-state index in [1.165, 1.54) is 5.56 Å². The number of benzene rings is 1. The van der Waals surface area contributed by atoms with Gasteiger partial charge in [0.15, 0.2) is 0 Å². The average molecular weight is 269 g/mol. The Morgan fingerprint density at radius 3 is 2.85 bits per heavy atom. The Morgan fingerprint density at radius 1 is 1.30 bits per heavy atom. The van der Waals surface area contributed by atoms with Crippen LogP contribution in [-0.4, -0.2) is 17.4 Å². The molecular weight excluding hydrogens is 250 g/mol. The fraction of sp³-hybridized carbons (Fsp3) is 0.250. The summed E-state index contributed by atoms with van der Waals surface area (Å²) < 4.78 is 0. The van der Waals surface area contributed by atoms with Gasteiger partial charge in [0, 0.05) is 30.4 Å². The highest BCUT2D eigenvalue weighted by Crippen LogP contribution is 2.07. The first-order chi connectivity index (χ1) is 9.70. The Labute approximate surface area is 119 Å². The van der Waals surface area contributed by atoms with E-state index in [1.807, 2.05) is 31.2 Å². The number of nitrogens with two attached hydrogens (primary N) is 1. The Balaban J connectivity index is 2.01. The molecule has 0 aliphatic rings. The van der Waals surface area contributed by atoms with Crippen molar-refractivity contribution in [2.24, 2.45) is 5.73 Å². The highest BCUT2D eigenvalue weighted by Gasteiger charge is 2.07. The van der Waals surface area contributed by atoms with Crippen molar-refractivity contribution < 1.29 is 4.79 Å². The topological polar surface area (TPSA) is 68.0 Å². The summed E-state index contributed by atoms with van der Waals surface area (Å²) in [6, 6.07) is 11.5. The molecule has 20 heavy (non-hydrogen) atoms. The second-order valence-corrected chi connectivity index (χ2v) is 4.68. The van der Waals surface area contributed by atoms with Crippen LogP contribution in [0, 0.1) is 6.92 Å². The van der Waals surface area contributed by atoms with Gasteiger partial charge in [-0.2, -0.15) is 0 Å². The van der Waals surface area contributed by atoms with Crippen LogP contribution in [0.2, 0.25) is 0 Å². The van der Waals surface area contributed by atoms with E-state index < -0.39 is 0 Å². The van der Waals surface area contributed by atoms with Crippen molar-refractivity contribution in [3.8, 4) is 0 Å². The number of aryl methyl sites for hydroxylation is 1. The molecule has 1 aromatic carbocycles. The van der Waals surface area contributed by atoms with Gasteiger partial charge in [-0.3, -0.25) is 9.78 Å². The van der Waals surface area contributed by atoms with Crippen LogP contribution >= 0.6 is 0 Å². The molecular formula is C16H19N3O. The number of hydrogen-bond acceptors (Lipinski definition) is 3. The highest BCUT2D eigenvalue weighted by atomic mass is 16.1. The lowest BCUT2D eigenvalue weighted by Gasteiger charge is -2.08. The monoisotopic (exact) mass is 269 g/mol. The van der Waals surface area contributed by atoms with Crippen LogP contribution in [0.25, 0.3) is 0 Å². The molecule has 3 N–H and O–H groups in total. The maximum absolute atomic E-state index is 12.1. The molecule has 2 rings (SSSR count). The quantitative estimate of drug-likeness (QED) is 0.870. The molecule has 0 atom stereocenters. The largest absolute Gasteiger partial charge is 0.348 e. The zero-order valence-corrected chi connectivity index (χ0v) is 11.6. The van der Waals surface area contributed by atoms with Crippen molar-refractivity contribution in [3.63, 3.8) is 0 Å². The van der Waals surface area contributed by atoms with Crippen LogP contribution in [-0.2, 0) is 13.0 Å². The lowest BCUT2D eigenvalue weighted by Crippen LogP contribution is -2.23. The fourth-order valence-electron chi connectivity index (χ4n) is 1.99. The summed E-state index contributed by atoms with van der Waals surface area (Å²) in [4.78, 5) is 16.3. The predicted octanol–water partition coefficient (Wildman–Crippen LogP) is 1.82. The van der Waals surface area contributed by atoms with E-state index >= 15 is 0 Å². The lowest BCUT2D eigenvalue weighted by molar-refractivity contribution is 0.0950. The molecule has 4 heteroatoms. The van der Waals surface area contributed by atoms with Crippen LogP contribution in [0.5, 0.6) is 0 Å². The SMILES string of the molecule is Cc1ccccc1CNC(=O)c1ccnc(CCN)c1. The smallest absolute Gasteiger partial charge is 0.251 e. The van der Waals surface area contributed by atoms with E-state index in [1.54, 1.807) is 18.3 Å². The van der Waals surface area contributed by atoms with Crippen molar-refractivity contribution in [3.05, 3.63) is 65.0 Å². The summed E-state index contributed by atoms with van der Waals surface area (Å²) >= 11 is 0. The predicted molar refractivity (Wildman–Crippen MR) is 79.3 cm³/mol. The first-order valence-corrected chi connectivity index (χ1v) is 6.68. The van der Waals surface area contributed by atoms with E-state index in [9.17, 15) is 4.79 Å². The van der Waals surface area contributed by atoms with E-state index in [-0.39, 0.29) is 5.91 Å². The van der Waals surface area contributed by atoms with Crippen molar-refractivity contribution in [2.75, 3.05) is 6.54 Å². The third-order valence-electron chi connectivity index (χ3n) is 3.18. The van der Waals surface area contributed by atoms with E-state index in [2.05, 4.69) is 10.3 Å². The maximum Gasteiger partial charge on any atom is 0.251 e. The number of carbonyl (C=O) groups is 1. The minimum absolute atomic E-state index is 0.0890. The number of carbonyl (C=O) groups excluding carboxylic acids is 1. The molecule has 104 valence electrons. The summed E-state index contributed by atoms with van der Waals surface area (Å²) in [6.07, 6.45) is 2.33. The fourth-order valence-corrected chi connectivity index (χ4v) is 1.99. The first-order valence-electron chi connectivity index (χ1n) is 6.68. The molecule has 0 spiro atoms. The molecule has 0 fully saturated rings. The van der Waals surface area contributed by atoms with Gasteiger partial charge in [-0.05, 0) is 36.7 Å². The molecule has 0 saturated carbocycles. The Hall–Kier alpha value is -2.20. The van der Waals surface area contributed by atoms with Crippen LogP contribution in [0.4, 0.5) is 0 Å². The van der Waals surface area contributed by atoms with Crippen LogP contribution in [0.3, 0.4) is 0 Å². The van der Waals surface area contributed by atoms with Crippen molar-refractivity contribution in [1.29, 1.82) is 0 Å². The number of nitrogens with zero attached hydrogens (tertiary/aromatic N) is 1. The van der Waals surface area contributed by atoms with Crippen molar-refractivity contribution >= 4 is 5.91 Å². The summed E-state index contributed by atoms with van der Waals surface area (Å²) in [6.45, 7) is 3.09. The molecule has 4 nitrogen and oxygen atoms in total. The van der Waals surface area contributed by atoms with Gasteiger partial charge in [-0.1, -0.05) is 24.3 Å².